The highest BCUT2D eigenvalue weighted by atomic mass is 16.2. The zero-order valence-corrected chi connectivity index (χ0v) is 11.7. The minimum atomic E-state index is -0.355. The number of anilines is 2. The lowest BCUT2D eigenvalue weighted by atomic mass is 10.2. The second-order valence-electron chi connectivity index (χ2n) is 5.18. The first-order chi connectivity index (χ1) is 10.2. The van der Waals surface area contributed by atoms with Crippen molar-refractivity contribution in [3.63, 3.8) is 0 Å². The Morgan fingerprint density at radius 1 is 1.29 bits per heavy atom. The van der Waals surface area contributed by atoms with E-state index in [-0.39, 0.29) is 17.7 Å². The molecule has 110 valence electrons. The van der Waals surface area contributed by atoms with Crippen molar-refractivity contribution >= 4 is 17.5 Å². The Balaban J connectivity index is 1.60. The van der Waals surface area contributed by atoms with Crippen LogP contribution in [0.15, 0.2) is 24.3 Å². The standard InChI is InChI=1S/C14H18N6O/c15-14-17-12(18-19-14)13(21)16-11-5-3-10(4-6-11)9-20-7-1-2-8-20/h3-6H,1-2,7-9H2,(H,16,21)(H3,15,17,18,19). The number of rotatable bonds is 4. The van der Waals surface area contributed by atoms with E-state index in [1.54, 1.807) is 0 Å². The molecule has 7 heteroatoms. The van der Waals surface area contributed by atoms with E-state index in [1.807, 2.05) is 24.3 Å². The van der Waals surface area contributed by atoms with Gasteiger partial charge in [0.2, 0.25) is 11.8 Å². The Morgan fingerprint density at radius 2 is 2.00 bits per heavy atom. The highest BCUT2D eigenvalue weighted by Crippen LogP contribution is 2.15. The minimum absolute atomic E-state index is 0.0566. The molecule has 21 heavy (non-hydrogen) atoms. The Labute approximate surface area is 122 Å². The fourth-order valence-electron chi connectivity index (χ4n) is 2.46. The van der Waals surface area contributed by atoms with Crippen molar-refractivity contribution in [3.05, 3.63) is 35.7 Å². The van der Waals surface area contributed by atoms with Gasteiger partial charge in [-0.2, -0.15) is 4.98 Å². The predicted molar refractivity (Wildman–Crippen MR) is 79.7 cm³/mol. The zero-order valence-electron chi connectivity index (χ0n) is 11.7. The van der Waals surface area contributed by atoms with Gasteiger partial charge in [-0.15, -0.1) is 5.10 Å². The van der Waals surface area contributed by atoms with E-state index in [2.05, 4.69) is 25.4 Å². The topological polar surface area (TPSA) is 99.9 Å². The predicted octanol–water partition coefficient (Wildman–Crippen LogP) is 1.23. The summed E-state index contributed by atoms with van der Waals surface area (Å²) < 4.78 is 0. The molecule has 1 fully saturated rings. The van der Waals surface area contributed by atoms with Gasteiger partial charge in [0.25, 0.3) is 5.91 Å². The second-order valence-corrected chi connectivity index (χ2v) is 5.18. The molecule has 4 N–H and O–H groups in total. The van der Waals surface area contributed by atoms with Crippen molar-refractivity contribution in [2.75, 3.05) is 24.1 Å². The summed E-state index contributed by atoms with van der Waals surface area (Å²) in [5, 5.41) is 8.86. The smallest absolute Gasteiger partial charge is 0.293 e. The van der Waals surface area contributed by atoms with Gasteiger partial charge < -0.3 is 11.1 Å². The van der Waals surface area contributed by atoms with Crippen LogP contribution in [0.5, 0.6) is 0 Å². The molecule has 0 unspecified atom stereocenters. The number of hydrogen-bond acceptors (Lipinski definition) is 5. The average Bonchev–Trinajstić information content (AvgIpc) is 3.12. The maximum Gasteiger partial charge on any atom is 0.293 e. The SMILES string of the molecule is Nc1n[nH]c(C(=O)Nc2ccc(CN3CCCC3)cc2)n1. The number of benzene rings is 1. The molecule has 2 aromatic rings. The van der Waals surface area contributed by atoms with Crippen molar-refractivity contribution in [2.24, 2.45) is 0 Å². The van der Waals surface area contributed by atoms with Crippen molar-refractivity contribution < 1.29 is 4.79 Å². The van der Waals surface area contributed by atoms with Crippen LogP contribution in [-0.4, -0.2) is 39.1 Å². The van der Waals surface area contributed by atoms with Crippen LogP contribution in [0.3, 0.4) is 0 Å². The molecule has 0 bridgehead atoms. The number of nitrogens with one attached hydrogen (secondary N) is 2. The van der Waals surface area contributed by atoms with Crippen molar-refractivity contribution in [1.29, 1.82) is 0 Å². The van der Waals surface area contributed by atoms with Crippen LogP contribution in [-0.2, 0) is 6.54 Å². The molecule has 1 amide bonds. The summed E-state index contributed by atoms with van der Waals surface area (Å²) in [4.78, 5) is 18.1. The van der Waals surface area contributed by atoms with Crippen LogP contribution >= 0.6 is 0 Å². The van der Waals surface area contributed by atoms with E-state index in [4.69, 9.17) is 5.73 Å². The van der Waals surface area contributed by atoms with Gasteiger partial charge in [0.15, 0.2) is 0 Å². The molecule has 3 rings (SSSR count). The van der Waals surface area contributed by atoms with Crippen molar-refractivity contribution in [2.45, 2.75) is 19.4 Å². The molecule has 0 spiro atoms. The molecule has 1 saturated heterocycles. The van der Waals surface area contributed by atoms with E-state index in [0.29, 0.717) is 0 Å². The van der Waals surface area contributed by atoms with Gasteiger partial charge in [-0.05, 0) is 43.6 Å². The molecule has 0 radical (unpaired) electrons. The van der Waals surface area contributed by atoms with Crippen LogP contribution in [0.2, 0.25) is 0 Å². The van der Waals surface area contributed by atoms with Gasteiger partial charge >= 0.3 is 0 Å². The summed E-state index contributed by atoms with van der Waals surface area (Å²) in [6, 6.07) is 7.84. The van der Waals surface area contributed by atoms with Gasteiger partial charge in [0.1, 0.15) is 0 Å². The Morgan fingerprint density at radius 3 is 2.62 bits per heavy atom. The molecular weight excluding hydrogens is 268 g/mol. The lowest BCUT2D eigenvalue weighted by Gasteiger charge is -2.14. The summed E-state index contributed by atoms with van der Waals surface area (Å²) in [6.07, 6.45) is 2.57. The number of nitrogens with two attached hydrogens (primary N) is 1. The fourth-order valence-corrected chi connectivity index (χ4v) is 2.46. The third-order valence-corrected chi connectivity index (χ3v) is 3.53. The summed E-state index contributed by atoms with van der Waals surface area (Å²) in [7, 11) is 0. The molecule has 2 heterocycles. The number of nitrogens with zero attached hydrogens (tertiary/aromatic N) is 3. The number of amides is 1. The third-order valence-electron chi connectivity index (χ3n) is 3.53. The summed E-state index contributed by atoms with van der Waals surface area (Å²) in [5.41, 5.74) is 7.34. The Hall–Kier alpha value is -2.41. The quantitative estimate of drug-likeness (QED) is 0.785. The summed E-state index contributed by atoms with van der Waals surface area (Å²) >= 11 is 0. The van der Waals surface area contributed by atoms with E-state index < -0.39 is 0 Å². The number of carbonyl (C=O) groups excluding carboxylic acids is 1. The van der Waals surface area contributed by atoms with Gasteiger partial charge in [-0.3, -0.25) is 14.8 Å². The maximum atomic E-state index is 11.9. The minimum Gasteiger partial charge on any atom is -0.366 e. The maximum absolute atomic E-state index is 11.9. The van der Waals surface area contributed by atoms with Crippen LogP contribution < -0.4 is 11.1 Å². The number of likely N-dealkylation sites (tertiary alicyclic amines) is 1. The molecule has 7 nitrogen and oxygen atoms in total. The number of carbonyl (C=O) groups is 1. The van der Waals surface area contributed by atoms with E-state index in [1.165, 1.54) is 31.5 Å². The lowest BCUT2D eigenvalue weighted by Crippen LogP contribution is -2.18. The Kier molecular flexibility index (Phi) is 3.83. The van der Waals surface area contributed by atoms with E-state index in [9.17, 15) is 4.79 Å². The van der Waals surface area contributed by atoms with Gasteiger partial charge in [0.05, 0.1) is 0 Å². The largest absolute Gasteiger partial charge is 0.366 e. The Bertz CT molecular complexity index is 615. The highest BCUT2D eigenvalue weighted by molar-refractivity contribution is 6.01. The highest BCUT2D eigenvalue weighted by Gasteiger charge is 2.13. The molecule has 0 saturated carbocycles. The van der Waals surface area contributed by atoms with E-state index in [0.717, 1.165) is 12.2 Å². The lowest BCUT2D eigenvalue weighted by molar-refractivity contribution is 0.101. The molecular formula is C14H18N6O. The summed E-state index contributed by atoms with van der Waals surface area (Å²) in [6.45, 7) is 3.31. The first-order valence-electron chi connectivity index (χ1n) is 7.01. The van der Waals surface area contributed by atoms with Crippen molar-refractivity contribution in [1.82, 2.24) is 20.1 Å². The van der Waals surface area contributed by atoms with Crippen LogP contribution in [0, 0.1) is 0 Å². The molecule has 1 aromatic carbocycles. The number of aromatic nitrogens is 3. The van der Waals surface area contributed by atoms with Crippen molar-refractivity contribution in [3.8, 4) is 0 Å². The van der Waals surface area contributed by atoms with Gasteiger partial charge in [-0.25, -0.2) is 0 Å². The molecule has 1 aliphatic heterocycles. The number of aromatic amines is 1. The molecule has 0 atom stereocenters. The van der Waals surface area contributed by atoms with Crippen LogP contribution in [0.4, 0.5) is 11.6 Å². The fraction of sp³-hybridized carbons (Fsp3) is 0.357. The summed E-state index contributed by atoms with van der Waals surface area (Å²) in [5.74, 6) is -0.193. The normalized spacial score (nSPS) is 15.2. The zero-order chi connectivity index (χ0) is 14.7. The molecule has 1 aromatic heterocycles. The average molecular weight is 286 g/mol. The molecule has 0 aliphatic carbocycles. The number of nitrogen functional groups attached to an aromatic ring is 1. The number of H-pyrrole nitrogens is 1. The molecule has 1 aliphatic rings. The number of hydrogen-bond donors (Lipinski definition) is 3. The first kappa shape index (κ1) is 13.6. The first-order valence-corrected chi connectivity index (χ1v) is 7.01. The third kappa shape index (κ3) is 3.38. The van der Waals surface area contributed by atoms with Gasteiger partial charge in [0, 0.05) is 12.2 Å². The van der Waals surface area contributed by atoms with Crippen LogP contribution in [0.1, 0.15) is 29.0 Å². The van der Waals surface area contributed by atoms with Gasteiger partial charge in [-0.1, -0.05) is 12.1 Å². The monoisotopic (exact) mass is 286 g/mol. The van der Waals surface area contributed by atoms with Crippen LogP contribution in [0.25, 0.3) is 0 Å². The second kappa shape index (κ2) is 5.92. The van der Waals surface area contributed by atoms with E-state index >= 15 is 0 Å².